The molecule has 2 aromatic rings. The highest BCUT2D eigenvalue weighted by Gasteiger charge is 2.39. The maximum atomic E-state index is 12.8. The van der Waals surface area contributed by atoms with Crippen LogP contribution in [0.4, 0.5) is 0 Å². The van der Waals surface area contributed by atoms with Crippen LogP contribution in [0.2, 0.25) is 0 Å². The predicted octanol–water partition coefficient (Wildman–Crippen LogP) is 3.12. The molecule has 1 amide bonds. The van der Waals surface area contributed by atoms with E-state index in [0.717, 1.165) is 32.6 Å². The van der Waals surface area contributed by atoms with E-state index in [1.807, 2.05) is 4.90 Å². The maximum Gasteiger partial charge on any atom is 0.257 e. The van der Waals surface area contributed by atoms with Crippen LogP contribution in [-0.4, -0.2) is 30.6 Å². The second-order valence-electron chi connectivity index (χ2n) is 5.64. The minimum absolute atomic E-state index is 0.0692. The van der Waals surface area contributed by atoms with Gasteiger partial charge in [0.2, 0.25) is 0 Å². The maximum absolute atomic E-state index is 12.8. The molecule has 2 atom stereocenters. The molecule has 5 heteroatoms. The first kappa shape index (κ1) is 13.1. The highest BCUT2D eigenvalue weighted by Crippen LogP contribution is 2.42. The van der Waals surface area contributed by atoms with E-state index in [1.54, 1.807) is 23.7 Å². The Morgan fingerprint density at radius 2 is 2.33 bits per heavy atom. The van der Waals surface area contributed by atoms with Crippen LogP contribution in [0.25, 0.3) is 0 Å². The van der Waals surface area contributed by atoms with E-state index >= 15 is 0 Å². The molecule has 0 bridgehead atoms. The molecule has 4 rings (SSSR count). The summed E-state index contributed by atoms with van der Waals surface area (Å²) in [5, 5.41) is 2.14. The number of furan rings is 1. The zero-order valence-electron chi connectivity index (χ0n) is 11.7. The van der Waals surface area contributed by atoms with E-state index in [1.165, 1.54) is 16.7 Å². The molecule has 0 N–H and O–H groups in total. The van der Waals surface area contributed by atoms with E-state index in [9.17, 15) is 4.79 Å². The average molecular weight is 303 g/mol. The van der Waals surface area contributed by atoms with Crippen molar-refractivity contribution in [2.24, 2.45) is 5.92 Å². The van der Waals surface area contributed by atoms with E-state index in [0.29, 0.717) is 11.5 Å². The number of nitrogens with zero attached hydrogens (tertiary/aromatic N) is 1. The van der Waals surface area contributed by atoms with Crippen molar-refractivity contribution in [3.05, 3.63) is 46.0 Å². The Morgan fingerprint density at radius 1 is 1.38 bits per heavy atom. The van der Waals surface area contributed by atoms with E-state index in [2.05, 4.69) is 11.4 Å². The Bertz CT molecular complexity index is 628. The molecule has 2 aromatic heterocycles. The van der Waals surface area contributed by atoms with Gasteiger partial charge in [-0.2, -0.15) is 0 Å². The van der Waals surface area contributed by atoms with Crippen LogP contribution < -0.4 is 0 Å². The number of amides is 1. The van der Waals surface area contributed by atoms with E-state index in [-0.39, 0.29) is 11.9 Å². The van der Waals surface area contributed by atoms with Gasteiger partial charge in [0.1, 0.15) is 6.26 Å². The first-order chi connectivity index (χ1) is 10.3. The lowest BCUT2D eigenvalue weighted by atomic mass is 9.89. The molecule has 21 heavy (non-hydrogen) atoms. The second-order valence-corrected chi connectivity index (χ2v) is 6.59. The van der Waals surface area contributed by atoms with Gasteiger partial charge < -0.3 is 14.1 Å². The van der Waals surface area contributed by atoms with Crippen molar-refractivity contribution in [1.29, 1.82) is 0 Å². The van der Waals surface area contributed by atoms with Crippen molar-refractivity contribution in [3.63, 3.8) is 0 Å². The lowest BCUT2D eigenvalue weighted by Gasteiger charge is -2.38. The molecule has 4 heterocycles. The van der Waals surface area contributed by atoms with Crippen LogP contribution in [0, 0.1) is 5.92 Å². The van der Waals surface area contributed by atoms with Gasteiger partial charge in [0.15, 0.2) is 0 Å². The number of fused-ring (bicyclic) bond motifs is 1. The third-order valence-corrected chi connectivity index (χ3v) is 5.48. The molecule has 0 aromatic carbocycles. The lowest BCUT2D eigenvalue weighted by Crippen LogP contribution is -2.42. The van der Waals surface area contributed by atoms with Gasteiger partial charge in [0, 0.05) is 23.9 Å². The van der Waals surface area contributed by atoms with Gasteiger partial charge in [0.25, 0.3) is 5.91 Å². The summed E-state index contributed by atoms with van der Waals surface area (Å²) in [5.74, 6) is 0.471. The minimum atomic E-state index is 0.0692. The Morgan fingerprint density at radius 3 is 3.10 bits per heavy atom. The van der Waals surface area contributed by atoms with Gasteiger partial charge in [-0.1, -0.05) is 0 Å². The normalized spacial score (nSPS) is 25.0. The molecule has 0 saturated carbocycles. The van der Waals surface area contributed by atoms with Crippen LogP contribution in [0.5, 0.6) is 0 Å². The summed E-state index contributed by atoms with van der Waals surface area (Å²) in [6.07, 6.45) is 5.06. The van der Waals surface area contributed by atoms with Gasteiger partial charge in [-0.3, -0.25) is 4.79 Å². The Hall–Kier alpha value is -1.59. The molecule has 0 aliphatic carbocycles. The predicted molar refractivity (Wildman–Crippen MR) is 79.4 cm³/mol. The SMILES string of the molecule is O=C(c1ccoc1)N1CCc2ccsc2C1C1CCOC1. The van der Waals surface area contributed by atoms with Crippen molar-refractivity contribution < 1.29 is 13.9 Å². The van der Waals surface area contributed by atoms with Gasteiger partial charge in [-0.15, -0.1) is 11.3 Å². The summed E-state index contributed by atoms with van der Waals surface area (Å²) in [6.45, 7) is 2.32. The summed E-state index contributed by atoms with van der Waals surface area (Å²) in [6, 6.07) is 4.09. The number of hydrogen-bond acceptors (Lipinski definition) is 4. The van der Waals surface area contributed by atoms with Crippen molar-refractivity contribution in [1.82, 2.24) is 4.90 Å². The van der Waals surface area contributed by atoms with E-state index < -0.39 is 0 Å². The summed E-state index contributed by atoms with van der Waals surface area (Å²) in [4.78, 5) is 16.1. The van der Waals surface area contributed by atoms with Crippen molar-refractivity contribution in [2.45, 2.75) is 18.9 Å². The van der Waals surface area contributed by atoms with Crippen LogP contribution >= 0.6 is 11.3 Å². The summed E-state index contributed by atoms with van der Waals surface area (Å²) >= 11 is 1.77. The monoisotopic (exact) mass is 303 g/mol. The fraction of sp³-hybridized carbons (Fsp3) is 0.438. The number of rotatable bonds is 2. The first-order valence-corrected chi connectivity index (χ1v) is 8.20. The fourth-order valence-corrected chi connectivity index (χ4v) is 4.54. The third-order valence-electron chi connectivity index (χ3n) is 4.45. The van der Waals surface area contributed by atoms with Crippen LogP contribution in [0.3, 0.4) is 0 Å². The first-order valence-electron chi connectivity index (χ1n) is 7.32. The largest absolute Gasteiger partial charge is 0.472 e. The van der Waals surface area contributed by atoms with Crippen molar-refractivity contribution in [3.8, 4) is 0 Å². The lowest BCUT2D eigenvalue weighted by molar-refractivity contribution is 0.0569. The fourth-order valence-electron chi connectivity index (χ4n) is 3.39. The molecule has 0 spiro atoms. The molecule has 0 radical (unpaired) electrons. The molecule has 1 fully saturated rings. The van der Waals surface area contributed by atoms with Gasteiger partial charge in [0.05, 0.1) is 24.5 Å². The number of thiophene rings is 1. The Labute approximate surface area is 127 Å². The standard InChI is InChI=1S/C16H17NO3S/c18-16(13-3-7-20-10-13)17-5-1-11-4-8-21-15(11)14(17)12-2-6-19-9-12/h3-4,7-8,10,12,14H,1-2,5-6,9H2. The number of hydrogen-bond donors (Lipinski definition) is 0. The van der Waals surface area contributed by atoms with Gasteiger partial charge in [-0.25, -0.2) is 0 Å². The smallest absolute Gasteiger partial charge is 0.257 e. The minimum Gasteiger partial charge on any atom is -0.472 e. The number of carbonyl (C=O) groups excluding carboxylic acids is 1. The van der Waals surface area contributed by atoms with Crippen LogP contribution in [-0.2, 0) is 11.2 Å². The highest BCUT2D eigenvalue weighted by atomic mass is 32.1. The molecular formula is C16H17NO3S. The molecule has 2 unspecified atom stereocenters. The summed E-state index contributed by atoms with van der Waals surface area (Å²) in [7, 11) is 0. The molecule has 110 valence electrons. The molecule has 1 saturated heterocycles. The van der Waals surface area contributed by atoms with Gasteiger partial charge >= 0.3 is 0 Å². The van der Waals surface area contributed by atoms with Crippen LogP contribution in [0.1, 0.15) is 33.3 Å². The number of carbonyl (C=O) groups is 1. The molecular weight excluding hydrogens is 286 g/mol. The summed E-state index contributed by atoms with van der Waals surface area (Å²) in [5.41, 5.74) is 2.03. The zero-order chi connectivity index (χ0) is 14.2. The Kier molecular flexibility index (Phi) is 3.31. The number of ether oxygens (including phenoxy) is 1. The summed E-state index contributed by atoms with van der Waals surface area (Å²) < 4.78 is 10.6. The topological polar surface area (TPSA) is 42.7 Å². The molecule has 4 nitrogen and oxygen atoms in total. The van der Waals surface area contributed by atoms with Crippen LogP contribution in [0.15, 0.2) is 34.5 Å². The quantitative estimate of drug-likeness (QED) is 0.856. The molecule has 2 aliphatic heterocycles. The Balaban J connectivity index is 1.70. The average Bonchev–Trinajstić information content (AvgIpc) is 3.25. The van der Waals surface area contributed by atoms with Crippen molar-refractivity contribution >= 4 is 17.2 Å². The zero-order valence-corrected chi connectivity index (χ0v) is 12.5. The highest BCUT2D eigenvalue weighted by molar-refractivity contribution is 7.10. The van der Waals surface area contributed by atoms with Gasteiger partial charge in [-0.05, 0) is 35.9 Å². The molecule has 2 aliphatic rings. The van der Waals surface area contributed by atoms with E-state index in [4.69, 9.17) is 9.15 Å². The van der Waals surface area contributed by atoms with Crippen molar-refractivity contribution in [2.75, 3.05) is 19.8 Å². The third kappa shape index (κ3) is 2.21. The second kappa shape index (κ2) is 5.31.